The molecule has 0 saturated carbocycles. The molecule has 0 radical (unpaired) electrons. The van der Waals surface area contributed by atoms with Gasteiger partial charge in [-0.1, -0.05) is 12.1 Å². The Morgan fingerprint density at radius 2 is 2.16 bits per heavy atom. The van der Waals surface area contributed by atoms with Crippen LogP contribution in [0.4, 0.5) is 5.69 Å². The summed E-state index contributed by atoms with van der Waals surface area (Å²) in [5.74, 6) is 0.497. The quantitative estimate of drug-likeness (QED) is 0.776. The average Bonchev–Trinajstić information content (AvgIpc) is 3.12. The average molecular weight is 342 g/mol. The molecule has 1 aliphatic rings. The number of carbonyl (C=O) groups is 2. The predicted molar refractivity (Wildman–Crippen MR) is 93.4 cm³/mol. The number of benzene rings is 1. The first-order chi connectivity index (χ1) is 12.1. The molecule has 0 spiro atoms. The number of rotatable bonds is 7. The molecule has 7 nitrogen and oxygen atoms in total. The van der Waals surface area contributed by atoms with Gasteiger partial charge in [0.15, 0.2) is 6.10 Å². The summed E-state index contributed by atoms with van der Waals surface area (Å²) in [5.41, 5.74) is 0.721. The van der Waals surface area contributed by atoms with Crippen LogP contribution in [0.3, 0.4) is 0 Å². The van der Waals surface area contributed by atoms with E-state index in [1.807, 2.05) is 35.0 Å². The van der Waals surface area contributed by atoms with Crippen LogP contribution < -0.4 is 15.0 Å². The topological polar surface area (TPSA) is 76.5 Å². The van der Waals surface area contributed by atoms with Gasteiger partial charge in [0.1, 0.15) is 5.75 Å². The van der Waals surface area contributed by atoms with Crippen LogP contribution in [-0.2, 0) is 16.1 Å². The highest BCUT2D eigenvalue weighted by Gasteiger charge is 2.31. The standard InChI is InChI=1S/C18H22N4O3/c1-14-18(24)22(15-5-2-3-6-16(15)25-14)11-7-17(23)20-8-4-10-21-12-9-19-13-21/h2-3,5-6,9,12-14H,4,7-8,10-11H2,1H3,(H,20,23)/t14-/m1/s1. The van der Waals surface area contributed by atoms with E-state index in [-0.39, 0.29) is 18.2 Å². The molecule has 0 unspecified atom stereocenters. The fraction of sp³-hybridized carbons (Fsp3) is 0.389. The third-order valence-electron chi connectivity index (χ3n) is 4.11. The molecule has 1 N–H and O–H groups in total. The molecular formula is C18H22N4O3. The number of aromatic nitrogens is 2. The number of imidazole rings is 1. The van der Waals surface area contributed by atoms with E-state index in [1.54, 1.807) is 24.3 Å². The van der Waals surface area contributed by atoms with Gasteiger partial charge in [-0.05, 0) is 25.5 Å². The van der Waals surface area contributed by atoms with Crippen molar-refractivity contribution < 1.29 is 14.3 Å². The summed E-state index contributed by atoms with van der Waals surface area (Å²) in [4.78, 5) is 30.0. The lowest BCUT2D eigenvalue weighted by atomic mass is 10.1. The van der Waals surface area contributed by atoms with Crippen molar-refractivity contribution in [3.63, 3.8) is 0 Å². The van der Waals surface area contributed by atoms with Crippen molar-refractivity contribution >= 4 is 17.5 Å². The van der Waals surface area contributed by atoms with Crippen LogP contribution in [0.15, 0.2) is 43.0 Å². The van der Waals surface area contributed by atoms with Crippen LogP contribution in [0.1, 0.15) is 19.8 Å². The minimum atomic E-state index is -0.534. The molecular weight excluding hydrogens is 320 g/mol. The van der Waals surface area contributed by atoms with Gasteiger partial charge in [-0.15, -0.1) is 0 Å². The third kappa shape index (κ3) is 4.17. The fourth-order valence-corrected chi connectivity index (χ4v) is 2.80. The molecule has 1 aromatic heterocycles. The minimum Gasteiger partial charge on any atom is -0.479 e. The first-order valence-corrected chi connectivity index (χ1v) is 8.44. The highest BCUT2D eigenvalue weighted by molar-refractivity contribution is 6.00. The normalized spacial score (nSPS) is 16.3. The van der Waals surface area contributed by atoms with E-state index < -0.39 is 6.10 Å². The molecule has 132 valence electrons. The van der Waals surface area contributed by atoms with E-state index >= 15 is 0 Å². The van der Waals surface area contributed by atoms with Gasteiger partial charge in [-0.2, -0.15) is 0 Å². The first-order valence-electron chi connectivity index (χ1n) is 8.44. The van der Waals surface area contributed by atoms with E-state index in [9.17, 15) is 9.59 Å². The molecule has 1 aliphatic heterocycles. The Hall–Kier alpha value is -2.83. The van der Waals surface area contributed by atoms with Crippen LogP contribution in [-0.4, -0.2) is 40.6 Å². The number of para-hydroxylation sites is 2. The maximum atomic E-state index is 12.4. The van der Waals surface area contributed by atoms with Gasteiger partial charge in [-0.3, -0.25) is 9.59 Å². The Morgan fingerprint density at radius 1 is 1.32 bits per heavy atom. The molecule has 0 aliphatic carbocycles. The molecule has 2 heterocycles. The molecule has 7 heteroatoms. The number of carbonyl (C=O) groups excluding carboxylic acids is 2. The van der Waals surface area contributed by atoms with Crippen molar-refractivity contribution in [2.24, 2.45) is 0 Å². The summed E-state index contributed by atoms with van der Waals surface area (Å²) in [7, 11) is 0. The van der Waals surface area contributed by atoms with Crippen molar-refractivity contribution in [1.29, 1.82) is 0 Å². The Labute approximate surface area is 146 Å². The van der Waals surface area contributed by atoms with Gasteiger partial charge in [-0.25, -0.2) is 4.98 Å². The fourth-order valence-electron chi connectivity index (χ4n) is 2.80. The number of ether oxygens (including phenoxy) is 1. The Kier molecular flexibility index (Phi) is 5.33. The van der Waals surface area contributed by atoms with E-state index in [0.717, 1.165) is 18.7 Å². The van der Waals surface area contributed by atoms with Gasteiger partial charge in [0.05, 0.1) is 12.0 Å². The number of nitrogens with one attached hydrogen (secondary N) is 1. The van der Waals surface area contributed by atoms with Crippen molar-refractivity contribution in [1.82, 2.24) is 14.9 Å². The molecule has 3 rings (SSSR count). The monoisotopic (exact) mass is 342 g/mol. The highest BCUT2D eigenvalue weighted by atomic mass is 16.5. The van der Waals surface area contributed by atoms with Crippen LogP contribution >= 0.6 is 0 Å². The van der Waals surface area contributed by atoms with Crippen molar-refractivity contribution in [2.75, 3.05) is 18.0 Å². The largest absolute Gasteiger partial charge is 0.479 e. The van der Waals surface area contributed by atoms with Crippen LogP contribution in [0, 0.1) is 0 Å². The molecule has 1 aromatic carbocycles. The second-order valence-electron chi connectivity index (χ2n) is 5.97. The van der Waals surface area contributed by atoms with Gasteiger partial charge in [0.25, 0.3) is 5.91 Å². The zero-order chi connectivity index (χ0) is 17.6. The minimum absolute atomic E-state index is 0.0601. The lowest BCUT2D eigenvalue weighted by Gasteiger charge is -2.32. The maximum absolute atomic E-state index is 12.4. The van der Waals surface area contributed by atoms with Gasteiger partial charge >= 0.3 is 0 Å². The lowest BCUT2D eigenvalue weighted by Crippen LogP contribution is -2.45. The van der Waals surface area contributed by atoms with E-state index in [4.69, 9.17) is 4.74 Å². The van der Waals surface area contributed by atoms with Crippen molar-refractivity contribution in [3.05, 3.63) is 43.0 Å². The number of hydrogen-bond donors (Lipinski definition) is 1. The summed E-state index contributed by atoms with van der Waals surface area (Å²) in [6.07, 6.45) is 5.94. The Morgan fingerprint density at radius 3 is 2.96 bits per heavy atom. The molecule has 0 fully saturated rings. The summed E-state index contributed by atoms with van der Waals surface area (Å²) in [6.45, 7) is 3.48. The lowest BCUT2D eigenvalue weighted by molar-refractivity contribution is -0.125. The molecule has 1 atom stereocenters. The number of hydrogen-bond acceptors (Lipinski definition) is 4. The zero-order valence-corrected chi connectivity index (χ0v) is 14.2. The maximum Gasteiger partial charge on any atom is 0.267 e. The van der Waals surface area contributed by atoms with E-state index in [0.29, 0.717) is 18.8 Å². The van der Waals surface area contributed by atoms with Gasteiger partial charge in [0.2, 0.25) is 5.91 Å². The number of aryl methyl sites for hydroxylation is 1. The van der Waals surface area contributed by atoms with Gasteiger partial charge < -0.3 is 19.5 Å². The van der Waals surface area contributed by atoms with Crippen LogP contribution in [0.5, 0.6) is 5.75 Å². The highest BCUT2D eigenvalue weighted by Crippen LogP contribution is 2.33. The summed E-state index contributed by atoms with van der Waals surface area (Å²) in [5, 5.41) is 2.89. The van der Waals surface area contributed by atoms with Crippen LogP contribution in [0.25, 0.3) is 0 Å². The first kappa shape index (κ1) is 17.0. The second-order valence-corrected chi connectivity index (χ2v) is 5.97. The second kappa shape index (κ2) is 7.83. The van der Waals surface area contributed by atoms with Gasteiger partial charge in [0, 0.05) is 38.4 Å². The molecule has 2 aromatic rings. The molecule has 2 amide bonds. The Balaban J connectivity index is 1.47. The number of nitrogens with zero attached hydrogens (tertiary/aromatic N) is 3. The summed E-state index contributed by atoms with van der Waals surface area (Å²) >= 11 is 0. The van der Waals surface area contributed by atoms with Crippen molar-refractivity contribution in [3.8, 4) is 5.75 Å². The van der Waals surface area contributed by atoms with E-state index in [2.05, 4.69) is 10.3 Å². The number of fused-ring (bicyclic) bond motifs is 1. The summed E-state index contributed by atoms with van der Waals surface area (Å²) < 4.78 is 7.57. The summed E-state index contributed by atoms with van der Waals surface area (Å²) in [6, 6.07) is 7.39. The van der Waals surface area contributed by atoms with Crippen LogP contribution in [0.2, 0.25) is 0 Å². The molecule has 0 bridgehead atoms. The SMILES string of the molecule is C[C@H]1Oc2ccccc2N(CCC(=O)NCCCn2ccnc2)C1=O. The third-order valence-corrected chi connectivity index (χ3v) is 4.11. The van der Waals surface area contributed by atoms with Crippen molar-refractivity contribution in [2.45, 2.75) is 32.4 Å². The number of anilines is 1. The predicted octanol–water partition coefficient (Wildman–Crippen LogP) is 1.59. The molecule has 25 heavy (non-hydrogen) atoms. The smallest absolute Gasteiger partial charge is 0.267 e. The molecule has 0 saturated heterocycles. The number of amides is 2. The van der Waals surface area contributed by atoms with E-state index in [1.165, 1.54) is 0 Å². The zero-order valence-electron chi connectivity index (χ0n) is 14.2. The Bertz CT molecular complexity index is 730.